The van der Waals surface area contributed by atoms with Crippen molar-refractivity contribution in [3.63, 3.8) is 0 Å². The molecule has 1 aromatic heterocycles. The van der Waals surface area contributed by atoms with E-state index in [1.807, 2.05) is 0 Å². The highest BCUT2D eigenvalue weighted by Crippen LogP contribution is 2.30. The molecule has 2 aromatic rings. The number of ether oxygens (including phenoxy) is 2. The molecule has 0 spiro atoms. The first-order chi connectivity index (χ1) is 10.5. The van der Waals surface area contributed by atoms with E-state index in [4.69, 9.17) is 11.6 Å². The number of nitrogens with one attached hydrogen (secondary N) is 2. The van der Waals surface area contributed by atoms with Crippen LogP contribution in [0.15, 0.2) is 18.2 Å². The number of aromatic nitrogens is 1. The van der Waals surface area contributed by atoms with Gasteiger partial charge in [-0.3, -0.25) is 0 Å². The molecular weight excluding hydrogens is 316 g/mol. The van der Waals surface area contributed by atoms with Crippen molar-refractivity contribution >= 4 is 46.1 Å². The summed E-state index contributed by atoms with van der Waals surface area (Å²) in [5.41, 5.74) is 2.92. The van der Waals surface area contributed by atoms with Crippen LogP contribution in [0, 0.1) is 0 Å². The molecular formula is C13H11ClN2O6. The van der Waals surface area contributed by atoms with E-state index >= 15 is 0 Å². The van der Waals surface area contributed by atoms with E-state index in [1.54, 1.807) is 18.2 Å². The lowest BCUT2D eigenvalue weighted by molar-refractivity contribution is -0.164. The molecule has 0 aliphatic heterocycles. The van der Waals surface area contributed by atoms with Gasteiger partial charge in [0.25, 0.3) is 0 Å². The molecule has 0 bridgehead atoms. The number of carbonyl (C=O) groups is 3. The highest BCUT2D eigenvalue weighted by molar-refractivity contribution is 6.31. The summed E-state index contributed by atoms with van der Waals surface area (Å²) in [4.78, 5) is 41.5. The van der Waals surface area contributed by atoms with Crippen LogP contribution in [0.1, 0.15) is 10.5 Å². The lowest BCUT2D eigenvalue weighted by Crippen LogP contribution is -2.22. The second-order valence-electron chi connectivity index (χ2n) is 4.04. The number of rotatable bonds is 3. The Labute approximate surface area is 129 Å². The third-order valence-electron chi connectivity index (χ3n) is 2.75. The Morgan fingerprint density at radius 3 is 2.50 bits per heavy atom. The average Bonchev–Trinajstić information content (AvgIpc) is 2.88. The molecule has 1 heterocycles. The van der Waals surface area contributed by atoms with Crippen molar-refractivity contribution in [2.24, 2.45) is 0 Å². The number of fused-ring (bicyclic) bond motifs is 1. The molecule has 2 rings (SSSR count). The number of carbonyl (C=O) groups excluding carboxylic acids is 3. The number of H-pyrrole nitrogens is 1. The van der Waals surface area contributed by atoms with Gasteiger partial charge in [-0.15, -0.1) is 0 Å². The van der Waals surface area contributed by atoms with E-state index in [2.05, 4.69) is 24.8 Å². The van der Waals surface area contributed by atoms with Crippen LogP contribution < -0.4 is 5.48 Å². The predicted molar refractivity (Wildman–Crippen MR) is 76.4 cm³/mol. The van der Waals surface area contributed by atoms with Crippen LogP contribution in [0.4, 0.5) is 5.69 Å². The Kier molecular flexibility index (Phi) is 4.52. The maximum absolute atomic E-state index is 11.8. The third-order valence-corrected chi connectivity index (χ3v) is 2.98. The van der Waals surface area contributed by atoms with E-state index in [0.29, 0.717) is 15.9 Å². The molecule has 9 heteroatoms. The van der Waals surface area contributed by atoms with Crippen LogP contribution in [-0.4, -0.2) is 37.1 Å². The zero-order chi connectivity index (χ0) is 16.3. The van der Waals surface area contributed by atoms with Crippen molar-refractivity contribution in [2.75, 3.05) is 19.7 Å². The van der Waals surface area contributed by atoms with Crippen LogP contribution in [0.2, 0.25) is 5.02 Å². The molecule has 0 amide bonds. The molecule has 2 N–H and O–H groups in total. The van der Waals surface area contributed by atoms with Gasteiger partial charge in [-0.1, -0.05) is 11.6 Å². The Morgan fingerprint density at radius 2 is 1.86 bits per heavy atom. The average molecular weight is 327 g/mol. The summed E-state index contributed by atoms with van der Waals surface area (Å²) in [7, 11) is 2.24. The predicted octanol–water partition coefficient (Wildman–Crippen LogP) is 1.65. The van der Waals surface area contributed by atoms with Gasteiger partial charge in [0.1, 0.15) is 5.69 Å². The highest BCUT2D eigenvalue weighted by Gasteiger charge is 2.22. The van der Waals surface area contributed by atoms with Gasteiger partial charge in [-0.05, 0) is 18.2 Å². The molecule has 0 radical (unpaired) electrons. The number of halogens is 1. The number of esters is 2. The van der Waals surface area contributed by atoms with Crippen molar-refractivity contribution < 1.29 is 28.7 Å². The largest absolute Gasteiger partial charge is 0.464 e. The summed E-state index contributed by atoms with van der Waals surface area (Å²) in [5, 5.41) is 0.964. The first-order valence-electron chi connectivity index (χ1n) is 5.92. The van der Waals surface area contributed by atoms with Crippen LogP contribution in [-0.2, 0) is 23.9 Å². The van der Waals surface area contributed by atoms with Crippen molar-refractivity contribution in [3.05, 3.63) is 28.9 Å². The van der Waals surface area contributed by atoms with Crippen LogP contribution in [0.5, 0.6) is 0 Å². The third kappa shape index (κ3) is 2.96. The fraction of sp³-hybridized carbons (Fsp3) is 0.154. The maximum atomic E-state index is 11.8. The van der Waals surface area contributed by atoms with Gasteiger partial charge < -0.3 is 19.3 Å². The van der Waals surface area contributed by atoms with Crippen molar-refractivity contribution in [1.29, 1.82) is 0 Å². The second-order valence-corrected chi connectivity index (χ2v) is 4.48. The fourth-order valence-electron chi connectivity index (χ4n) is 1.75. The lowest BCUT2D eigenvalue weighted by Gasteiger charge is -2.06. The number of anilines is 1. The van der Waals surface area contributed by atoms with Crippen molar-refractivity contribution in [1.82, 2.24) is 4.98 Å². The Bertz CT molecular complexity index is 754. The molecule has 8 nitrogen and oxygen atoms in total. The summed E-state index contributed by atoms with van der Waals surface area (Å²) in [6.45, 7) is 0. The molecule has 0 atom stereocenters. The lowest BCUT2D eigenvalue weighted by atomic mass is 10.2. The molecule has 1 aromatic carbocycles. The van der Waals surface area contributed by atoms with Gasteiger partial charge in [0.15, 0.2) is 5.69 Å². The molecule has 0 fully saturated rings. The maximum Gasteiger partial charge on any atom is 0.441 e. The van der Waals surface area contributed by atoms with E-state index in [1.165, 1.54) is 7.11 Å². The number of hydrogen-bond donors (Lipinski definition) is 2. The van der Waals surface area contributed by atoms with Crippen molar-refractivity contribution in [2.45, 2.75) is 0 Å². The molecule has 22 heavy (non-hydrogen) atoms. The van der Waals surface area contributed by atoms with Gasteiger partial charge in [0, 0.05) is 15.9 Å². The summed E-state index contributed by atoms with van der Waals surface area (Å²) >= 11 is 5.88. The number of aromatic amines is 1. The second kappa shape index (κ2) is 6.35. The fourth-order valence-corrected chi connectivity index (χ4v) is 1.93. The monoisotopic (exact) mass is 326 g/mol. The summed E-state index contributed by atoms with van der Waals surface area (Å²) in [6.07, 6.45) is 0. The smallest absolute Gasteiger partial charge is 0.441 e. The van der Waals surface area contributed by atoms with Crippen molar-refractivity contribution in [3.8, 4) is 0 Å². The zero-order valence-corrected chi connectivity index (χ0v) is 12.3. The Hall–Kier alpha value is -2.74. The summed E-state index contributed by atoms with van der Waals surface area (Å²) in [6, 6.07) is 4.78. The molecule has 0 saturated heterocycles. The number of methoxy groups -OCH3 is 2. The highest BCUT2D eigenvalue weighted by atomic mass is 35.5. The van der Waals surface area contributed by atoms with Crippen LogP contribution in [0.3, 0.4) is 0 Å². The minimum Gasteiger partial charge on any atom is -0.464 e. The molecule has 0 saturated carbocycles. The summed E-state index contributed by atoms with van der Waals surface area (Å²) < 4.78 is 8.85. The molecule has 0 unspecified atom stereocenters. The van der Waals surface area contributed by atoms with Gasteiger partial charge in [0.2, 0.25) is 0 Å². The number of benzene rings is 1. The SMILES string of the molecule is COC(=O)C(=O)ONc1c(C(=O)OC)[nH]c2cc(Cl)ccc12. The molecule has 116 valence electrons. The topological polar surface area (TPSA) is 107 Å². The Balaban J connectivity index is 2.39. The molecule has 0 aliphatic rings. The van der Waals surface area contributed by atoms with Gasteiger partial charge in [0.05, 0.1) is 14.2 Å². The van der Waals surface area contributed by atoms with E-state index in [9.17, 15) is 14.4 Å². The minimum absolute atomic E-state index is 0.0115. The van der Waals surface area contributed by atoms with Gasteiger partial charge >= 0.3 is 17.9 Å². The quantitative estimate of drug-likeness (QED) is 0.382. The Morgan fingerprint density at radius 1 is 1.14 bits per heavy atom. The van der Waals surface area contributed by atoms with Crippen LogP contribution >= 0.6 is 11.6 Å². The number of hydrogen-bond acceptors (Lipinski definition) is 7. The van der Waals surface area contributed by atoms with Crippen LogP contribution in [0.25, 0.3) is 10.9 Å². The normalized spacial score (nSPS) is 10.1. The zero-order valence-electron chi connectivity index (χ0n) is 11.6. The van der Waals surface area contributed by atoms with E-state index < -0.39 is 17.9 Å². The van der Waals surface area contributed by atoms with Gasteiger partial charge in [-0.2, -0.15) is 0 Å². The van der Waals surface area contributed by atoms with Gasteiger partial charge in [-0.25, -0.2) is 19.9 Å². The van der Waals surface area contributed by atoms with E-state index in [-0.39, 0.29) is 11.4 Å². The standard InChI is InChI=1S/C13H11ClN2O6/c1-20-11(17)10-9(16-22-13(19)12(18)21-2)7-4-3-6(14)5-8(7)15-10/h3-5,15-16H,1-2H3. The first-order valence-corrected chi connectivity index (χ1v) is 6.30. The minimum atomic E-state index is -1.26. The first kappa shape index (κ1) is 15.6. The molecule has 0 aliphatic carbocycles. The summed E-state index contributed by atoms with van der Waals surface area (Å²) in [5.74, 6) is -3.14. The van der Waals surface area contributed by atoms with E-state index in [0.717, 1.165) is 7.11 Å².